The highest BCUT2D eigenvalue weighted by Gasteiger charge is 2.21. The zero-order valence-corrected chi connectivity index (χ0v) is 16.6. The van der Waals surface area contributed by atoms with E-state index in [2.05, 4.69) is 55.5 Å². The molecule has 2 aromatic heterocycles. The number of nitrogens with zero attached hydrogens (tertiary/aromatic N) is 4. The molecule has 29 heavy (non-hydrogen) atoms. The highest BCUT2D eigenvalue weighted by Crippen LogP contribution is 2.30. The molecule has 1 aromatic carbocycles. The number of hydrogen-bond acceptors (Lipinski definition) is 6. The van der Waals surface area contributed by atoms with E-state index < -0.39 is 0 Å². The van der Waals surface area contributed by atoms with Crippen LogP contribution >= 0.6 is 0 Å². The number of rotatable bonds is 4. The average molecular weight is 393 g/mol. The third kappa shape index (κ3) is 3.80. The van der Waals surface area contributed by atoms with Crippen molar-refractivity contribution in [3.05, 3.63) is 42.7 Å². The SMILES string of the molecule is O[C@H]1CCC[C@H](Nc2nccc(-n3ccc4c(N5CCNCC5)cccc43)n2)C1. The first kappa shape index (κ1) is 18.4. The number of aliphatic hydroxyl groups is 1. The highest BCUT2D eigenvalue weighted by atomic mass is 16.3. The molecular weight excluding hydrogens is 364 g/mol. The predicted molar refractivity (Wildman–Crippen MR) is 116 cm³/mol. The molecule has 2 fully saturated rings. The summed E-state index contributed by atoms with van der Waals surface area (Å²) in [5.41, 5.74) is 2.44. The molecule has 3 heterocycles. The molecule has 2 atom stereocenters. The lowest BCUT2D eigenvalue weighted by atomic mass is 9.93. The van der Waals surface area contributed by atoms with Gasteiger partial charge in [-0.15, -0.1) is 0 Å². The second-order valence-electron chi connectivity index (χ2n) is 8.03. The summed E-state index contributed by atoms with van der Waals surface area (Å²) in [5, 5.41) is 18.0. The Morgan fingerprint density at radius 2 is 2.00 bits per heavy atom. The Morgan fingerprint density at radius 3 is 2.86 bits per heavy atom. The van der Waals surface area contributed by atoms with E-state index in [-0.39, 0.29) is 12.1 Å². The molecule has 0 radical (unpaired) electrons. The van der Waals surface area contributed by atoms with Crippen molar-refractivity contribution in [2.24, 2.45) is 0 Å². The van der Waals surface area contributed by atoms with Crippen LogP contribution in [0.15, 0.2) is 42.7 Å². The van der Waals surface area contributed by atoms with Gasteiger partial charge in [0.05, 0.1) is 11.6 Å². The fraction of sp³-hybridized carbons (Fsp3) is 0.455. The van der Waals surface area contributed by atoms with Gasteiger partial charge in [-0.25, -0.2) is 4.98 Å². The van der Waals surface area contributed by atoms with Crippen molar-refractivity contribution >= 4 is 22.5 Å². The lowest BCUT2D eigenvalue weighted by Crippen LogP contribution is -2.43. The third-order valence-electron chi connectivity index (χ3n) is 6.04. The van der Waals surface area contributed by atoms with Gasteiger partial charge in [0.2, 0.25) is 5.95 Å². The molecule has 1 aliphatic heterocycles. The van der Waals surface area contributed by atoms with Crippen LogP contribution in [-0.2, 0) is 0 Å². The number of hydrogen-bond donors (Lipinski definition) is 3. The van der Waals surface area contributed by atoms with Crippen molar-refractivity contribution in [3.8, 4) is 5.82 Å². The van der Waals surface area contributed by atoms with Crippen molar-refractivity contribution in [1.82, 2.24) is 19.9 Å². The van der Waals surface area contributed by atoms with E-state index in [0.717, 1.165) is 63.2 Å². The zero-order chi connectivity index (χ0) is 19.6. The van der Waals surface area contributed by atoms with Gasteiger partial charge in [-0.2, -0.15) is 4.98 Å². The smallest absolute Gasteiger partial charge is 0.224 e. The van der Waals surface area contributed by atoms with E-state index >= 15 is 0 Å². The first-order valence-electron chi connectivity index (χ1n) is 10.6. The van der Waals surface area contributed by atoms with Gasteiger partial charge in [0.1, 0.15) is 5.82 Å². The fourth-order valence-corrected chi connectivity index (χ4v) is 4.56. The number of benzene rings is 1. The first-order chi connectivity index (χ1) is 14.3. The maximum atomic E-state index is 9.92. The molecule has 5 rings (SSSR count). The van der Waals surface area contributed by atoms with Crippen molar-refractivity contribution < 1.29 is 5.11 Å². The van der Waals surface area contributed by atoms with Gasteiger partial charge in [-0.05, 0) is 49.9 Å². The summed E-state index contributed by atoms with van der Waals surface area (Å²) >= 11 is 0. The number of aromatic nitrogens is 3. The average Bonchev–Trinajstić information content (AvgIpc) is 3.19. The van der Waals surface area contributed by atoms with Crippen molar-refractivity contribution in [2.75, 3.05) is 36.4 Å². The van der Waals surface area contributed by atoms with E-state index in [1.165, 1.54) is 11.1 Å². The van der Waals surface area contributed by atoms with Crippen molar-refractivity contribution in [2.45, 2.75) is 37.8 Å². The summed E-state index contributed by atoms with van der Waals surface area (Å²) in [5.74, 6) is 1.48. The van der Waals surface area contributed by atoms with Crippen LogP contribution in [-0.4, -0.2) is 58.0 Å². The monoisotopic (exact) mass is 392 g/mol. The summed E-state index contributed by atoms with van der Waals surface area (Å²) < 4.78 is 2.13. The molecule has 1 saturated heterocycles. The van der Waals surface area contributed by atoms with Crippen LogP contribution < -0.4 is 15.5 Å². The van der Waals surface area contributed by atoms with Gasteiger partial charge in [0, 0.05) is 55.7 Å². The zero-order valence-electron chi connectivity index (χ0n) is 16.6. The Hall–Kier alpha value is -2.64. The van der Waals surface area contributed by atoms with Gasteiger partial charge < -0.3 is 25.2 Å². The molecule has 3 aromatic rings. The predicted octanol–water partition coefficient (Wildman–Crippen LogP) is 2.55. The van der Waals surface area contributed by atoms with Crippen LogP contribution in [0.3, 0.4) is 0 Å². The minimum absolute atomic E-state index is 0.221. The standard InChI is InChI=1S/C22H28N6O/c29-17-4-1-3-16(15-17)25-22-24-9-7-21(26-22)28-12-8-18-19(5-2-6-20(18)28)27-13-10-23-11-14-27/h2,5-9,12,16-17,23,29H,1,3-4,10-11,13-15H2,(H,24,25,26)/t16-,17-/m0/s1. The van der Waals surface area contributed by atoms with E-state index in [1.807, 2.05) is 6.07 Å². The molecule has 7 heteroatoms. The highest BCUT2D eigenvalue weighted by molar-refractivity contribution is 5.94. The van der Waals surface area contributed by atoms with Gasteiger partial charge in [-0.3, -0.25) is 0 Å². The Bertz CT molecular complexity index is 980. The molecule has 3 N–H and O–H groups in total. The quantitative estimate of drug-likeness (QED) is 0.633. The second kappa shape index (κ2) is 8.00. The summed E-state index contributed by atoms with van der Waals surface area (Å²) in [4.78, 5) is 11.6. The first-order valence-corrected chi connectivity index (χ1v) is 10.6. The maximum absolute atomic E-state index is 9.92. The fourth-order valence-electron chi connectivity index (χ4n) is 4.56. The number of aliphatic hydroxyl groups excluding tert-OH is 1. The Morgan fingerprint density at radius 1 is 1.10 bits per heavy atom. The summed E-state index contributed by atoms with van der Waals surface area (Å²) in [6.45, 7) is 4.10. The molecule has 0 spiro atoms. The molecule has 2 aliphatic rings. The minimum Gasteiger partial charge on any atom is -0.393 e. The number of piperazine rings is 1. The lowest BCUT2D eigenvalue weighted by Gasteiger charge is -2.30. The molecule has 1 aliphatic carbocycles. The molecule has 0 amide bonds. The van der Waals surface area contributed by atoms with Crippen LogP contribution in [0.2, 0.25) is 0 Å². The summed E-state index contributed by atoms with van der Waals surface area (Å²) in [6.07, 6.45) is 7.41. The summed E-state index contributed by atoms with van der Waals surface area (Å²) in [7, 11) is 0. The molecule has 1 saturated carbocycles. The van der Waals surface area contributed by atoms with Gasteiger partial charge in [-0.1, -0.05) is 6.07 Å². The number of anilines is 2. The van der Waals surface area contributed by atoms with Crippen LogP contribution in [0.5, 0.6) is 0 Å². The van der Waals surface area contributed by atoms with Crippen molar-refractivity contribution in [1.29, 1.82) is 0 Å². The second-order valence-corrected chi connectivity index (χ2v) is 8.03. The molecule has 152 valence electrons. The number of fused-ring (bicyclic) bond motifs is 1. The van der Waals surface area contributed by atoms with Gasteiger partial charge in [0.25, 0.3) is 0 Å². The molecule has 7 nitrogen and oxygen atoms in total. The van der Waals surface area contributed by atoms with Crippen LogP contribution in [0, 0.1) is 0 Å². The topological polar surface area (TPSA) is 78.2 Å². The Kier molecular flexibility index (Phi) is 5.08. The summed E-state index contributed by atoms with van der Waals surface area (Å²) in [6, 6.07) is 10.8. The van der Waals surface area contributed by atoms with E-state index in [1.54, 1.807) is 6.20 Å². The normalized spacial score (nSPS) is 22.7. The van der Waals surface area contributed by atoms with E-state index in [0.29, 0.717) is 5.95 Å². The van der Waals surface area contributed by atoms with E-state index in [9.17, 15) is 5.11 Å². The maximum Gasteiger partial charge on any atom is 0.224 e. The minimum atomic E-state index is -0.221. The largest absolute Gasteiger partial charge is 0.393 e. The van der Waals surface area contributed by atoms with Crippen molar-refractivity contribution in [3.63, 3.8) is 0 Å². The lowest BCUT2D eigenvalue weighted by molar-refractivity contribution is 0.124. The molecule has 0 unspecified atom stereocenters. The Labute approximate surface area is 170 Å². The van der Waals surface area contributed by atoms with Crippen LogP contribution in [0.1, 0.15) is 25.7 Å². The van der Waals surface area contributed by atoms with Gasteiger partial charge >= 0.3 is 0 Å². The van der Waals surface area contributed by atoms with Crippen LogP contribution in [0.4, 0.5) is 11.6 Å². The van der Waals surface area contributed by atoms with E-state index in [4.69, 9.17) is 4.98 Å². The van der Waals surface area contributed by atoms with Gasteiger partial charge in [0.15, 0.2) is 0 Å². The number of nitrogens with one attached hydrogen (secondary N) is 2. The molecule has 0 bridgehead atoms. The molecular formula is C22H28N6O. The third-order valence-corrected chi connectivity index (χ3v) is 6.04. The Balaban J connectivity index is 1.43. The van der Waals surface area contributed by atoms with Crippen LogP contribution in [0.25, 0.3) is 16.7 Å².